The molecule has 0 aliphatic carbocycles. The molecule has 0 bridgehead atoms. The van der Waals surface area contributed by atoms with Crippen LogP contribution in [0.2, 0.25) is 0 Å². The van der Waals surface area contributed by atoms with Crippen LogP contribution in [0.5, 0.6) is 0 Å². The molecule has 1 fully saturated rings. The highest BCUT2D eigenvalue weighted by atomic mass is 19.1. The first kappa shape index (κ1) is 20.2. The normalized spacial score (nSPS) is 16.6. The van der Waals surface area contributed by atoms with Crippen LogP contribution in [0, 0.1) is 19.7 Å². The van der Waals surface area contributed by atoms with E-state index in [1.54, 1.807) is 13.0 Å². The summed E-state index contributed by atoms with van der Waals surface area (Å²) in [5, 5.41) is 7.57. The minimum Gasteiger partial charge on any atom is -0.342 e. The maximum Gasteiger partial charge on any atom is 0.228 e. The summed E-state index contributed by atoms with van der Waals surface area (Å²) in [6.45, 7) is 5.10. The number of rotatable bonds is 5. The maximum atomic E-state index is 14.1. The number of amides is 1. The van der Waals surface area contributed by atoms with Gasteiger partial charge in [0.15, 0.2) is 0 Å². The smallest absolute Gasteiger partial charge is 0.228 e. The molecule has 3 heterocycles. The van der Waals surface area contributed by atoms with Gasteiger partial charge in [0.05, 0.1) is 6.42 Å². The summed E-state index contributed by atoms with van der Waals surface area (Å²) in [5.41, 5.74) is 4.82. The van der Waals surface area contributed by atoms with Crippen molar-refractivity contribution in [3.05, 3.63) is 76.1 Å². The average molecular weight is 408 g/mol. The Kier molecular flexibility index (Phi) is 5.88. The minimum absolute atomic E-state index is 0.0257. The van der Waals surface area contributed by atoms with E-state index < -0.39 is 0 Å². The van der Waals surface area contributed by atoms with Gasteiger partial charge in [0, 0.05) is 36.8 Å². The molecule has 1 atom stereocenters. The number of benzene rings is 1. The molecule has 1 aliphatic heterocycles. The molecule has 1 aromatic carbocycles. The van der Waals surface area contributed by atoms with Crippen LogP contribution < -0.4 is 0 Å². The van der Waals surface area contributed by atoms with Crippen LogP contribution in [0.25, 0.3) is 0 Å². The molecule has 7 heteroatoms. The molecule has 1 saturated heterocycles. The van der Waals surface area contributed by atoms with Crippen molar-refractivity contribution in [1.29, 1.82) is 0 Å². The number of carbonyl (C=O) groups excluding carboxylic acids is 1. The molecule has 156 valence electrons. The molecule has 2 aromatic heterocycles. The zero-order valence-corrected chi connectivity index (χ0v) is 17.3. The molecular weight excluding hydrogens is 383 g/mol. The Morgan fingerprint density at radius 2 is 2.07 bits per heavy atom. The van der Waals surface area contributed by atoms with Crippen molar-refractivity contribution < 1.29 is 13.8 Å². The van der Waals surface area contributed by atoms with E-state index >= 15 is 0 Å². The fourth-order valence-corrected chi connectivity index (χ4v) is 4.05. The van der Waals surface area contributed by atoms with E-state index in [1.165, 1.54) is 6.07 Å². The van der Waals surface area contributed by atoms with E-state index in [9.17, 15) is 9.18 Å². The number of carbonyl (C=O) groups is 1. The van der Waals surface area contributed by atoms with E-state index in [4.69, 9.17) is 9.61 Å². The number of likely N-dealkylation sites (tertiary alicyclic amines) is 1. The number of pyridine rings is 1. The summed E-state index contributed by atoms with van der Waals surface area (Å²) in [5.74, 6) is -0.00294. The Bertz CT molecular complexity index is 1050. The summed E-state index contributed by atoms with van der Waals surface area (Å²) >= 11 is 0. The monoisotopic (exact) mass is 408 g/mol. The second kappa shape index (κ2) is 8.73. The molecule has 0 saturated carbocycles. The Morgan fingerprint density at radius 3 is 2.83 bits per heavy atom. The fourth-order valence-electron chi connectivity index (χ4n) is 4.05. The molecule has 0 spiro atoms. The van der Waals surface area contributed by atoms with Gasteiger partial charge in [-0.25, -0.2) is 9.02 Å². The lowest BCUT2D eigenvalue weighted by Gasteiger charge is -2.32. The Labute approximate surface area is 175 Å². The lowest BCUT2D eigenvalue weighted by atomic mass is 9.92. The van der Waals surface area contributed by atoms with Crippen molar-refractivity contribution >= 4 is 5.91 Å². The highest BCUT2D eigenvalue weighted by molar-refractivity contribution is 5.78. The number of halogens is 1. The van der Waals surface area contributed by atoms with E-state index in [0.29, 0.717) is 29.9 Å². The number of hydrogen-bond acceptors (Lipinski definition) is 5. The number of aromatic nitrogens is 3. The van der Waals surface area contributed by atoms with E-state index in [0.717, 1.165) is 36.3 Å². The quantitative estimate of drug-likeness (QED) is 0.643. The average Bonchev–Trinajstić information content (AvgIpc) is 3.14. The molecule has 0 N–H and O–H groups in total. The third kappa shape index (κ3) is 4.56. The summed E-state index contributed by atoms with van der Waals surface area (Å²) in [7, 11) is 0. The Morgan fingerprint density at radius 1 is 1.23 bits per heavy atom. The highest BCUT2D eigenvalue weighted by Gasteiger charge is 2.27. The first-order valence-corrected chi connectivity index (χ1v) is 10.3. The molecule has 6 nitrogen and oxygen atoms in total. The number of aryl methyl sites for hydroxylation is 2. The predicted octanol–water partition coefficient (Wildman–Crippen LogP) is 3.76. The van der Waals surface area contributed by atoms with E-state index in [-0.39, 0.29) is 24.1 Å². The summed E-state index contributed by atoms with van der Waals surface area (Å²) in [6, 6.07) is 10.9. The van der Waals surface area contributed by atoms with Crippen LogP contribution in [0.3, 0.4) is 0 Å². The van der Waals surface area contributed by atoms with Gasteiger partial charge in [-0.1, -0.05) is 28.5 Å². The largest absolute Gasteiger partial charge is 0.342 e. The van der Waals surface area contributed by atoms with Crippen LogP contribution in [0.15, 0.2) is 41.0 Å². The van der Waals surface area contributed by atoms with Crippen molar-refractivity contribution in [3.8, 4) is 0 Å². The molecule has 4 rings (SSSR count). The number of nitrogens with zero attached hydrogens (tertiary/aromatic N) is 4. The van der Waals surface area contributed by atoms with Crippen LogP contribution >= 0.6 is 0 Å². The van der Waals surface area contributed by atoms with Crippen molar-refractivity contribution in [3.63, 3.8) is 0 Å². The first-order valence-electron chi connectivity index (χ1n) is 10.3. The van der Waals surface area contributed by atoms with Gasteiger partial charge in [0.2, 0.25) is 5.91 Å². The van der Waals surface area contributed by atoms with Gasteiger partial charge in [-0.05, 0) is 56.0 Å². The summed E-state index contributed by atoms with van der Waals surface area (Å²) in [6.07, 6.45) is 2.62. The van der Waals surface area contributed by atoms with Gasteiger partial charge >= 0.3 is 0 Å². The molecule has 1 aliphatic rings. The summed E-state index contributed by atoms with van der Waals surface area (Å²) < 4.78 is 18.8. The van der Waals surface area contributed by atoms with Crippen molar-refractivity contribution in [1.82, 2.24) is 20.2 Å². The third-order valence-electron chi connectivity index (χ3n) is 5.64. The Hall–Kier alpha value is -3.09. The molecule has 0 radical (unpaired) electrons. The molecule has 3 aromatic rings. The van der Waals surface area contributed by atoms with Crippen LogP contribution in [0.4, 0.5) is 4.39 Å². The minimum atomic E-state index is -0.194. The van der Waals surface area contributed by atoms with Crippen molar-refractivity contribution in [2.45, 2.75) is 45.4 Å². The van der Waals surface area contributed by atoms with Gasteiger partial charge < -0.3 is 4.90 Å². The van der Waals surface area contributed by atoms with E-state index in [1.807, 2.05) is 30.0 Å². The van der Waals surface area contributed by atoms with Gasteiger partial charge in [0.25, 0.3) is 0 Å². The van der Waals surface area contributed by atoms with Crippen LogP contribution in [-0.4, -0.2) is 39.2 Å². The zero-order valence-electron chi connectivity index (χ0n) is 17.3. The first-order chi connectivity index (χ1) is 14.5. The van der Waals surface area contributed by atoms with E-state index in [2.05, 4.69) is 16.4 Å². The standard InChI is InChI=1S/C23H25FN4O2/c1-15-10-17(11-18-6-3-4-8-20(18)24)12-22(25-15)19-7-5-9-28(14-19)23(29)13-21-16(2)26-30-27-21/h3-4,6,8,10,12,19H,5,7,9,11,13-14H2,1-2H3/t19-/m0/s1. The van der Waals surface area contributed by atoms with Gasteiger partial charge in [-0.3, -0.25) is 9.78 Å². The second-order valence-corrected chi connectivity index (χ2v) is 7.96. The number of piperidine rings is 1. The van der Waals surface area contributed by atoms with Gasteiger partial charge in [-0.15, -0.1) is 0 Å². The lowest BCUT2D eigenvalue weighted by Crippen LogP contribution is -2.40. The molecule has 30 heavy (non-hydrogen) atoms. The van der Waals surface area contributed by atoms with Crippen molar-refractivity contribution in [2.75, 3.05) is 13.1 Å². The topological polar surface area (TPSA) is 72.1 Å². The van der Waals surface area contributed by atoms with Gasteiger partial charge in [0.1, 0.15) is 17.2 Å². The van der Waals surface area contributed by atoms with Crippen LogP contribution in [-0.2, 0) is 17.6 Å². The second-order valence-electron chi connectivity index (χ2n) is 7.96. The SMILES string of the molecule is Cc1cc(Cc2ccccc2F)cc([C@H]2CCCN(C(=O)Cc3nonc3C)C2)n1. The number of hydrogen-bond donors (Lipinski definition) is 0. The third-order valence-corrected chi connectivity index (χ3v) is 5.64. The summed E-state index contributed by atoms with van der Waals surface area (Å²) in [4.78, 5) is 19.4. The molecule has 1 amide bonds. The van der Waals surface area contributed by atoms with Gasteiger partial charge in [-0.2, -0.15) is 0 Å². The molecular formula is C23H25FN4O2. The van der Waals surface area contributed by atoms with Crippen LogP contribution in [0.1, 0.15) is 52.7 Å². The fraction of sp³-hybridized carbons (Fsp3) is 0.391. The lowest BCUT2D eigenvalue weighted by molar-refractivity contribution is -0.131. The predicted molar refractivity (Wildman–Crippen MR) is 109 cm³/mol. The maximum absolute atomic E-state index is 14.1. The van der Waals surface area contributed by atoms with Crippen molar-refractivity contribution in [2.24, 2.45) is 0 Å². The zero-order chi connectivity index (χ0) is 21.1. The molecule has 0 unspecified atom stereocenters. The Balaban J connectivity index is 1.49. The highest BCUT2D eigenvalue weighted by Crippen LogP contribution is 2.28.